The Labute approximate surface area is 149 Å². The van der Waals surface area contributed by atoms with Crippen molar-refractivity contribution in [3.8, 4) is 0 Å². The summed E-state index contributed by atoms with van der Waals surface area (Å²) in [4.78, 5) is 18.9. The van der Waals surface area contributed by atoms with Crippen molar-refractivity contribution in [2.24, 2.45) is 17.8 Å². The SMILES string of the molecule is CC(C)CNC(=O)[C@H]1CCS(=O)(=O)[C@@H]2CN(Cc3cccnc3)C[C@H]12. The zero-order chi connectivity index (χ0) is 18.0. The molecule has 0 spiro atoms. The molecule has 3 heterocycles. The van der Waals surface area contributed by atoms with Crippen LogP contribution in [0.3, 0.4) is 0 Å². The number of sulfone groups is 1. The van der Waals surface area contributed by atoms with Crippen molar-refractivity contribution in [2.45, 2.75) is 32.1 Å². The van der Waals surface area contributed by atoms with Crippen LogP contribution in [0.2, 0.25) is 0 Å². The summed E-state index contributed by atoms with van der Waals surface area (Å²) in [5.74, 6) is 0.211. The third-order valence-electron chi connectivity index (χ3n) is 5.23. The zero-order valence-electron chi connectivity index (χ0n) is 14.9. The van der Waals surface area contributed by atoms with Crippen LogP contribution in [0.15, 0.2) is 24.5 Å². The molecule has 0 unspecified atom stereocenters. The molecule has 1 amide bonds. The van der Waals surface area contributed by atoms with E-state index in [2.05, 4.69) is 29.0 Å². The van der Waals surface area contributed by atoms with Gasteiger partial charge in [-0.15, -0.1) is 0 Å². The summed E-state index contributed by atoms with van der Waals surface area (Å²) < 4.78 is 25.0. The number of aromatic nitrogens is 1. The van der Waals surface area contributed by atoms with E-state index in [1.807, 2.05) is 18.3 Å². The average molecular weight is 365 g/mol. The van der Waals surface area contributed by atoms with Gasteiger partial charge in [-0.3, -0.25) is 14.7 Å². The van der Waals surface area contributed by atoms with Crippen LogP contribution >= 0.6 is 0 Å². The van der Waals surface area contributed by atoms with E-state index in [0.717, 1.165) is 5.56 Å². The van der Waals surface area contributed by atoms with Gasteiger partial charge in [0.25, 0.3) is 0 Å². The van der Waals surface area contributed by atoms with Crippen molar-refractivity contribution in [3.05, 3.63) is 30.1 Å². The van der Waals surface area contributed by atoms with Crippen LogP contribution in [0.25, 0.3) is 0 Å². The normalized spacial score (nSPS) is 28.7. The molecule has 2 aliphatic rings. The molecule has 0 bridgehead atoms. The van der Waals surface area contributed by atoms with Crippen molar-refractivity contribution in [1.82, 2.24) is 15.2 Å². The molecule has 2 fully saturated rings. The summed E-state index contributed by atoms with van der Waals surface area (Å²) in [6, 6.07) is 3.88. The molecule has 3 rings (SSSR count). The van der Waals surface area contributed by atoms with Gasteiger partial charge in [-0.25, -0.2) is 8.42 Å². The Morgan fingerprint density at radius 3 is 2.88 bits per heavy atom. The first-order valence-electron chi connectivity index (χ1n) is 8.97. The number of carbonyl (C=O) groups is 1. The summed E-state index contributed by atoms with van der Waals surface area (Å²) in [6.45, 7) is 6.59. The minimum absolute atomic E-state index is 0.0156. The quantitative estimate of drug-likeness (QED) is 0.845. The fourth-order valence-electron chi connectivity index (χ4n) is 3.94. The number of nitrogens with one attached hydrogen (secondary N) is 1. The second-order valence-electron chi connectivity index (χ2n) is 7.66. The highest BCUT2D eigenvalue weighted by molar-refractivity contribution is 7.92. The molecule has 1 aromatic heterocycles. The number of amides is 1. The first-order chi connectivity index (χ1) is 11.9. The third-order valence-corrected chi connectivity index (χ3v) is 7.45. The fraction of sp³-hybridized carbons (Fsp3) is 0.667. The van der Waals surface area contributed by atoms with E-state index < -0.39 is 15.1 Å². The number of pyridine rings is 1. The summed E-state index contributed by atoms with van der Waals surface area (Å²) in [5, 5.41) is 2.57. The molecule has 7 heteroatoms. The first kappa shape index (κ1) is 18.3. The lowest BCUT2D eigenvalue weighted by Crippen LogP contribution is -2.47. The molecule has 0 aromatic carbocycles. The van der Waals surface area contributed by atoms with Gasteiger partial charge in [0.1, 0.15) is 0 Å². The van der Waals surface area contributed by atoms with Gasteiger partial charge in [-0.05, 0) is 24.0 Å². The highest BCUT2D eigenvalue weighted by Crippen LogP contribution is 2.37. The molecular formula is C18H27N3O3S. The largest absolute Gasteiger partial charge is 0.356 e. The second-order valence-corrected chi connectivity index (χ2v) is 10.00. The number of hydrogen-bond donors (Lipinski definition) is 1. The molecule has 2 aliphatic heterocycles. The molecule has 3 atom stereocenters. The molecule has 0 radical (unpaired) electrons. The standard InChI is InChI=1S/C18H27N3O3S/c1-13(2)8-20-18(22)15-5-7-25(23,24)17-12-21(11-16(15)17)10-14-4-3-6-19-9-14/h3-4,6,9,13,15-17H,5,7-8,10-12H2,1-2H3,(H,20,22)/t15-,16+,17+/m0/s1. The van der Waals surface area contributed by atoms with E-state index in [9.17, 15) is 13.2 Å². The maximum Gasteiger partial charge on any atom is 0.223 e. The molecule has 1 N–H and O–H groups in total. The Morgan fingerprint density at radius 2 is 2.20 bits per heavy atom. The lowest BCUT2D eigenvalue weighted by Gasteiger charge is -2.32. The second kappa shape index (κ2) is 7.41. The number of hydrogen-bond acceptors (Lipinski definition) is 5. The predicted molar refractivity (Wildman–Crippen MR) is 96.5 cm³/mol. The van der Waals surface area contributed by atoms with E-state index >= 15 is 0 Å². The van der Waals surface area contributed by atoms with E-state index in [1.165, 1.54) is 0 Å². The van der Waals surface area contributed by atoms with Crippen LogP contribution in [0.5, 0.6) is 0 Å². The van der Waals surface area contributed by atoms with Gasteiger partial charge < -0.3 is 5.32 Å². The molecule has 6 nitrogen and oxygen atoms in total. The van der Waals surface area contributed by atoms with Crippen molar-refractivity contribution >= 4 is 15.7 Å². The highest BCUT2D eigenvalue weighted by atomic mass is 32.2. The van der Waals surface area contributed by atoms with Crippen molar-refractivity contribution in [3.63, 3.8) is 0 Å². The van der Waals surface area contributed by atoms with Crippen LogP contribution in [0.1, 0.15) is 25.8 Å². The maximum absolute atomic E-state index is 12.6. The van der Waals surface area contributed by atoms with Gasteiger partial charge in [-0.2, -0.15) is 0 Å². The van der Waals surface area contributed by atoms with Crippen LogP contribution in [-0.4, -0.2) is 54.8 Å². The molecule has 0 saturated carbocycles. The molecule has 138 valence electrons. The topological polar surface area (TPSA) is 79.4 Å². The van der Waals surface area contributed by atoms with Gasteiger partial charge in [0.15, 0.2) is 9.84 Å². The number of rotatable bonds is 5. The average Bonchev–Trinajstić information content (AvgIpc) is 2.98. The minimum atomic E-state index is -3.12. The smallest absolute Gasteiger partial charge is 0.223 e. The van der Waals surface area contributed by atoms with Crippen LogP contribution < -0.4 is 5.32 Å². The molecular weight excluding hydrogens is 338 g/mol. The van der Waals surface area contributed by atoms with Crippen LogP contribution in [-0.2, 0) is 21.2 Å². The van der Waals surface area contributed by atoms with Gasteiger partial charge in [0.2, 0.25) is 5.91 Å². The molecule has 25 heavy (non-hydrogen) atoms. The maximum atomic E-state index is 12.6. The Balaban J connectivity index is 1.72. The Hall–Kier alpha value is -1.47. The number of carbonyl (C=O) groups excluding carboxylic acids is 1. The fourth-order valence-corrected chi connectivity index (χ4v) is 6.07. The van der Waals surface area contributed by atoms with E-state index in [1.54, 1.807) is 6.20 Å². The minimum Gasteiger partial charge on any atom is -0.356 e. The molecule has 1 aromatic rings. The first-order valence-corrected chi connectivity index (χ1v) is 10.7. The van der Waals surface area contributed by atoms with Crippen LogP contribution in [0, 0.1) is 17.8 Å². The predicted octanol–water partition coefficient (Wildman–Crippen LogP) is 1.09. The monoisotopic (exact) mass is 365 g/mol. The number of fused-ring (bicyclic) bond motifs is 1. The summed E-state index contributed by atoms with van der Waals surface area (Å²) >= 11 is 0. The van der Waals surface area contributed by atoms with Crippen molar-refractivity contribution in [2.75, 3.05) is 25.4 Å². The van der Waals surface area contributed by atoms with E-state index in [4.69, 9.17) is 0 Å². The molecule has 2 saturated heterocycles. The number of nitrogens with zero attached hydrogens (tertiary/aromatic N) is 2. The van der Waals surface area contributed by atoms with Gasteiger partial charge in [0, 0.05) is 50.4 Å². The lowest BCUT2D eigenvalue weighted by atomic mass is 9.87. The Bertz CT molecular complexity index is 706. The van der Waals surface area contributed by atoms with E-state index in [0.29, 0.717) is 38.5 Å². The van der Waals surface area contributed by atoms with E-state index in [-0.39, 0.29) is 23.5 Å². The lowest BCUT2D eigenvalue weighted by molar-refractivity contribution is -0.126. The summed E-state index contributed by atoms with van der Waals surface area (Å²) in [5.41, 5.74) is 1.07. The Kier molecular flexibility index (Phi) is 5.43. The summed E-state index contributed by atoms with van der Waals surface area (Å²) in [6.07, 6.45) is 3.98. The van der Waals surface area contributed by atoms with Gasteiger partial charge >= 0.3 is 0 Å². The van der Waals surface area contributed by atoms with Crippen molar-refractivity contribution in [1.29, 1.82) is 0 Å². The Morgan fingerprint density at radius 1 is 1.40 bits per heavy atom. The van der Waals surface area contributed by atoms with Gasteiger partial charge in [-0.1, -0.05) is 19.9 Å². The zero-order valence-corrected chi connectivity index (χ0v) is 15.7. The number of likely N-dealkylation sites (tertiary alicyclic amines) is 1. The highest BCUT2D eigenvalue weighted by Gasteiger charge is 2.50. The third kappa shape index (κ3) is 4.20. The van der Waals surface area contributed by atoms with Crippen LogP contribution in [0.4, 0.5) is 0 Å². The molecule has 0 aliphatic carbocycles. The summed E-state index contributed by atoms with van der Waals surface area (Å²) in [7, 11) is -3.12. The van der Waals surface area contributed by atoms with Gasteiger partial charge in [0.05, 0.1) is 11.0 Å². The van der Waals surface area contributed by atoms with Crippen molar-refractivity contribution < 1.29 is 13.2 Å².